The standard InChI is InChI=1S/C19H18N4O3/c1-11-3-4-20-16(5-11)18-21-17-12(2)6-13(7-15(17)19(25)22-18)26-14-8-23(9-14)10-24/h3-7,10,14H,8-9H2,1-2H3,(H,21,22,25). The largest absolute Gasteiger partial charge is 0.487 e. The van der Waals surface area contributed by atoms with Crippen LogP contribution in [0, 0.1) is 13.8 Å². The van der Waals surface area contributed by atoms with E-state index in [1.54, 1.807) is 17.2 Å². The Morgan fingerprint density at radius 3 is 2.81 bits per heavy atom. The first-order valence-corrected chi connectivity index (χ1v) is 8.37. The molecule has 0 atom stereocenters. The van der Waals surface area contributed by atoms with Crippen molar-refractivity contribution in [2.24, 2.45) is 0 Å². The summed E-state index contributed by atoms with van der Waals surface area (Å²) in [7, 11) is 0. The zero-order valence-corrected chi connectivity index (χ0v) is 14.5. The van der Waals surface area contributed by atoms with Crippen molar-refractivity contribution in [1.82, 2.24) is 19.9 Å². The van der Waals surface area contributed by atoms with Crippen molar-refractivity contribution in [3.05, 3.63) is 51.9 Å². The highest BCUT2D eigenvalue weighted by molar-refractivity contribution is 5.83. The molecule has 7 nitrogen and oxygen atoms in total. The first-order chi connectivity index (χ1) is 12.5. The second-order valence-corrected chi connectivity index (χ2v) is 6.57. The van der Waals surface area contributed by atoms with Crippen molar-refractivity contribution < 1.29 is 9.53 Å². The lowest BCUT2D eigenvalue weighted by atomic mass is 10.1. The van der Waals surface area contributed by atoms with Crippen molar-refractivity contribution in [2.75, 3.05) is 13.1 Å². The maximum atomic E-state index is 12.6. The number of pyridine rings is 1. The molecule has 0 unspecified atom stereocenters. The monoisotopic (exact) mass is 350 g/mol. The van der Waals surface area contributed by atoms with Crippen LogP contribution in [-0.2, 0) is 4.79 Å². The third kappa shape index (κ3) is 2.92. The number of hydrogen-bond donors (Lipinski definition) is 1. The summed E-state index contributed by atoms with van der Waals surface area (Å²) >= 11 is 0. The summed E-state index contributed by atoms with van der Waals surface area (Å²) in [5, 5.41) is 0.475. The molecule has 3 heterocycles. The summed E-state index contributed by atoms with van der Waals surface area (Å²) in [6.07, 6.45) is 2.46. The van der Waals surface area contributed by atoms with Crippen molar-refractivity contribution in [2.45, 2.75) is 20.0 Å². The molecule has 0 radical (unpaired) electrons. The van der Waals surface area contributed by atoms with Crippen molar-refractivity contribution in [3.63, 3.8) is 0 Å². The van der Waals surface area contributed by atoms with E-state index in [2.05, 4.69) is 15.0 Å². The summed E-state index contributed by atoms with van der Waals surface area (Å²) in [6.45, 7) is 4.99. The fourth-order valence-electron chi connectivity index (χ4n) is 3.06. The first kappa shape index (κ1) is 16.3. The van der Waals surface area contributed by atoms with Gasteiger partial charge < -0.3 is 14.6 Å². The number of carbonyl (C=O) groups excluding carboxylic acids is 1. The Labute approximate surface area is 149 Å². The Hall–Kier alpha value is -3.22. The van der Waals surface area contributed by atoms with Gasteiger partial charge in [-0.25, -0.2) is 4.98 Å². The molecule has 1 saturated heterocycles. The van der Waals surface area contributed by atoms with Gasteiger partial charge in [-0.3, -0.25) is 14.6 Å². The van der Waals surface area contributed by atoms with Crippen LogP contribution in [-0.4, -0.2) is 45.5 Å². The Morgan fingerprint density at radius 2 is 2.08 bits per heavy atom. The Morgan fingerprint density at radius 1 is 1.27 bits per heavy atom. The van der Waals surface area contributed by atoms with Crippen LogP contribution in [0.3, 0.4) is 0 Å². The van der Waals surface area contributed by atoms with Gasteiger partial charge in [-0.2, -0.15) is 0 Å². The van der Waals surface area contributed by atoms with Crippen LogP contribution in [0.15, 0.2) is 35.3 Å². The average molecular weight is 350 g/mol. The van der Waals surface area contributed by atoms with E-state index in [-0.39, 0.29) is 11.7 Å². The SMILES string of the molecule is Cc1ccnc(-c2nc3c(C)cc(OC4CN(C=O)C4)cc3c(=O)[nH]2)c1. The lowest BCUT2D eigenvalue weighted by Gasteiger charge is -2.36. The summed E-state index contributed by atoms with van der Waals surface area (Å²) in [5.74, 6) is 1.06. The summed E-state index contributed by atoms with van der Waals surface area (Å²) in [6, 6.07) is 7.34. The molecule has 4 rings (SSSR count). The number of nitrogens with zero attached hydrogens (tertiary/aromatic N) is 3. The summed E-state index contributed by atoms with van der Waals surface area (Å²) in [5.41, 5.74) is 2.92. The third-order valence-corrected chi connectivity index (χ3v) is 4.46. The molecule has 0 bridgehead atoms. The van der Waals surface area contributed by atoms with Gasteiger partial charge in [0, 0.05) is 6.20 Å². The molecule has 7 heteroatoms. The molecule has 1 fully saturated rings. The molecule has 132 valence electrons. The first-order valence-electron chi connectivity index (χ1n) is 8.37. The molecule has 3 aromatic rings. The second kappa shape index (κ2) is 6.25. The normalized spacial score (nSPS) is 14.3. The number of hydrogen-bond acceptors (Lipinski definition) is 5. The molecule has 2 aromatic heterocycles. The van der Waals surface area contributed by atoms with E-state index >= 15 is 0 Å². The average Bonchev–Trinajstić information content (AvgIpc) is 2.58. The van der Waals surface area contributed by atoms with Gasteiger partial charge in [0.05, 0.1) is 24.0 Å². The molecule has 0 spiro atoms. The molecule has 1 aromatic carbocycles. The smallest absolute Gasteiger partial charge is 0.259 e. The quantitative estimate of drug-likeness (QED) is 0.725. The van der Waals surface area contributed by atoms with E-state index in [1.807, 2.05) is 32.0 Å². The number of H-pyrrole nitrogens is 1. The molecular formula is C19H18N4O3. The van der Waals surface area contributed by atoms with E-state index in [0.717, 1.165) is 17.5 Å². The minimum atomic E-state index is -0.231. The van der Waals surface area contributed by atoms with E-state index in [1.165, 1.54) is 0 Å². The molecule has 0 saturated carbocycles. The van der Waals surface area contributed by atoms with Crippen LogP contribution in [0.25, 0.3) is 22.4 Å². The van der Waals surface area contributed by atoms with Crippen molar-refractivity contribution in [1.29, 1.82) is 0 Å². The van der Waals surface area contributed by atoms with Crippen LogP contribution in [0.1, 0.15) is 11.1 Å². The van der Waals surface area contributed by atoms with Gasteiger partial charge in [0.15, 0.2) is 5.82 Å². The number of nitrogens with one attached hydrogen (secondary N) is 1. The number of aromatic amines is 1. The van der Waals surface area contributed by atoms with E-state index < -0.39 is 0 Å². The van der Waals surface area contributed by atoms with Gasteiger partial charge in [0.2, 0.25) is 6.41 Å². The number of carbonyl (C=O) groups is 1. The van der Waals surface area contributed by atoms with E-state index in [0.29, 0.717) is 41.3 Å². The number of fused-ring (bicyclic) bond motifs is 1. The predicted molar refractivity (Wildman–Crippen MR) is 97.1 cm³/mol. The topological polar surface area (TPSA) is 88.2 Å². The lowest BCUT2D eigenvalue weighted by Crippen LogP contribution is -2.52. The van der Waals surface area contributed by atoms with Crippen LogP contribution in [0.4, 0.5) is 0 Å². The van der Waals surface area contributed by atoms with Crippen LogP contribution < -0.4 is 10.3 Å². The molecular weight excluding hydrogens is 332 g/mol. The van der Waals surface area contributed by atoms with E-state index in [4.69, 9.17) is 4.74 Å². The Kier molecular flexibility index (Phi) is 3.91. The molecule has 1 aliphatic rings. The van der Waals surface area contributed by atoms with Crippen LogP contribution in [0.5, 0.6) is 5.75 Å². The van der Waals surface area contributed by atoms with Crippen LogP contribution in [0.2, 0.25) is 0 Å². The fraction of sp³-hybridized carbons (Fsp3) is 0.263. The number of amides is 1. The van der Waals surface area contributed by atoms with Gasteiger partial charge in [-0.1, -0.05) is 0 Å². The molecule has 1 N–H and O–H groups in total. The van der Waals surface area contributed by atoms with Gasteiger partial charge in [-0.05, 0) is 49.2 Å². The maximum Gasteiger partial charge on any atom is 0.259 e. The van der Waals surface area contributed by atoms with E-state index in [9.17, 15) is 9.59 Å². The fourth-order valence-corrected chi connectivity index (χ4v) is 3.06. The minimum Gasteiger partial charge on any atom is -0.487 e. The number of rotatable bonds is 4. The number of likely N-dealkylation sites (tertiary alicyclic amines) is 1. The number of ether oxygens (including phenoxy) is 1. The zero-order valence-electron chi connectivity index (χ0n) is 14.5. The Balaban J connectivity index is 1.72. The molecule has 1 amide bonds. The zero-order chi connectivity index (χ0) is 18.3. The third-order valence-electron chi connectivity index (χ3n) is 4.46. The number of benzene rings is 1. The highest BCUT2D eigenvalue weighted by Gasteiger charge is 2.27. The van der Waals surface area contributed by atoms with Crippen molar-refractivity contribution >= 4 is 17.3 Å². The maximum absolute atomic E-state index is 12.6. The molecule has 0 aliphatic carbocycles. The predicted octanol–water partition coefficient (Wildman–Crippen LogP) is 1.82. The van der Waals surface area contributed by atoms with Gasteiger partial charge in [-0.15, -0.1) is 0 Å². The van der Waals surface area contributed by atoms with Gasteiger partial charge in [0.25, 0.3) is 5.56 Å². The van der Waals surface area contributed by atoms with Gasteiger partial charge in [0.1, 0.15) is 17.5 Å². The molecule has 26 heavy (non-hydrogen) atoms. The number of aromatic nitrogens is 3. The minimum absolute atomic E-state index is 0.0418. The highest BCUT2D eigenvalue weighted by atomic mass is 16.5. The molecule has 1 aliphatic heterocycles. The summed E-state index contributed by atoms with van der Waals surface area (Å²) in [4.78, 5) is 36.6. The van der Waals surface area contributed by atoms with Crippen molar-refractivity contribution in [3.8, 4) is 17.3 Å². The van der Waals surface area contributed by atoms with Gasteiger partial charge >= 0.3 is 0 Å². The number of aryl methyl sites for hydroxylation is 2. The highest BCUT2D eigenvalue weighted by Crippen LogP contribution is 2.25. The lowest BCUT2D eigenvalue weighted by molar-refractivity contribution is -0.126. The van der Waals surface area contributed by atoms with Crippen LogP contribution >= 0.6 is 0 Å². The second-order valence-electron chi connectivity index (χ2n) is 6.57. The summed E-state index contributed by atoms with van der Waals surface area (Å²) < 4.78 is 5.86. The Bertz CT molecular complexity index is 1050.